The van der Waals surface area contributed by atoms with Crippen molar-refractivity contribution < 1.29 is 14.5 Å². The minimum absolute atomic E-state index is 0.388. The van der Waals surface area contributed by atoms with Crippen molar-refractivity contribution in [2.24, 2.45) is 0 Å². The summed E-state index contributed by atoms with van der Waals surface area (Å²) in [4.78, 5) is 22.9. The zero-order chi connectivity index (χ0) is 16.6. The van der Waals surface area contributed by atoms with E-state index in [1.807, 2.05) is 60.7 Å². The van der Waals surface area contributed by atoms with Gasteiger partial charge in [0.15, 0.2) is 0 Å². The molecule has 126 valence electrons. The summed E-state index contributed by atoms with van der Waals surface area (Å²) in [6.45, 7) is 1.54. The second-order valence-electron chi connectivity index (χ2n) is 5.79. The molecule has 2 aromatic rings. The van der Waals surface area contributed by atoms with Crippen LogP contribution in [0.5, 0.6) is 0 Å². The zero-order valence-corrected chi connectivity index (χ0v) is 13.6. The Kier molecular flexibility index (Phi) is 5.82. The van der Waals surface area contributed by atoms with Crippen molar-refractivity contribution in [1.29, 1.82) is 0 Å². The number of benzene rings is 2. The molecule has 1 amide bonds. The molecule has 0 radical (unpaired) electrons. The number of amides is 1. The van der Waals surface area contributed by atoms with Crippen molar-refractivity contribution in [2.45, 2.75) is 25.4 Å². The van der Waals surface area contributed by atoms with Crippen molar-refractivity contribution >= 4 is 6.09 Å². The van der Waals surface area contributed by atoms with E-state index in [9.17, 15) is 4.79 Å². The largest absolute Gasteiger partial charge is 0.450 e. The molecule has 0 unspecified atom stereocenters. The van der Waals surface area contributed by atoms with E-state index in [-0.39, 0.29) is 6.10 Å². The van der Waals surface area contributed by atoms with Gasteiger partial charge in [0.2, 0.25) is 0 Å². The van der Waals surface area contributed by atoms with Crippen LogP contribution in [0.4, 0.5) is 4.79 Å². The molecule has 2 aromatic carbocycles. The Morgan fingerprint density at radius 1 is 0.875 bits per heavy atom. The fraction of sp³-hybridized carbons (Fsp3) is 0.316. The maximum absolute atomic E-state index is 12.0. The summed E-state index contributed by atoms with van der Waals surface area (Å²) in [5, 5.41) is 1.68. The van der Waals surface area contributed by atoms with Crippen LogP contribution in [0.25, 0.3) is 0 Å². The van der Waals surface area contributed by atoms with Crippen molar-refractivity contribution in [3.63, 3.8) is 0 Å². The first-order valence-electron chi connectivity index (χ1n) is 8.31. The van der Waals surface area contributed by atoms with Crippen molar-refractivity contribution in [1.82, 2.24) is 10.5 Å². The number of carbonyl (C=O) groups is 1. The topological polar surface area (TPSA) is 50.8 Å². The van der Waals surface area contributed by atoms with Crippen LogP contribution in [-0.2, 0) is 9.68 Å². The molecule has 24 heavy (non-hydrogen) atoms. The molecule has 0 bridgehead atoms. The smallest absolute Gasteiger partial charge is 0.349 e. The number of hydrogen-bond acceptors (Lipinski definition) is 4. The fourth-order valence-electron chi connectivity index (χ4n) is 2.78. The van der Waals surface area contributed by atoms with Gasteiger partial charge in [0, 0.05) is 13.1 Å². The molecule has 0 aliphatic carbocycles. The molecule has 3 rings (SSSR count). The summed E-state index contributed by atoms with van der Waals surface area (Å²) in [6, 6.07) is 19.5. The third-order valence-corrected chi connectivity index (χ3v) is 3.99. The highest BCUT2D eigenvalue weighted by atomic mass is 16.8. The minimum atomic E-state index is -0.589. The van der Waals surface area contributed by atoms with E-state index >= 15 is 0 Å². The van der Waals surface area contributed by atoms with Crippen molar-refractivity contribution in [3.05, 3.63) is 71.8 Å². The molecule has 1 heterocycles. The maximum Gasteiger partial charge on any atom is 0.450 e. The maximum atomic E-state index is 12.0. The lowest BCUT2D eigenvalue weighted by molar-refractivity contribution is -0.129. The average molecular weight is 326 g/mol. The van der Waals surface area contributed by atoms with Gasteiger partial charge in [-0.1, -0.05) is 67.1 Å². The Bertz CT molecular complexity index is 588. The van der Waals surface area contributed by atoms with E-state index in [0.717, 1.165) is 37.1 Å². The van der Waals surface area contributed by atoms with Gasteiger partial charge in [-0.15, -0.1) is 5.06 Å². The number of hydroxylamine groups is 3. The minimum Gasteiger partial charge on any atom is -0.349 e. The fourth-order valence-corrected chi connectivity index (χ4v) is 2.78. The molecule has 0 atom stereocenters. The first kappa shape index (κ1) is 16.5. The second kappa shape index (κ2) is 8.47. The number of nitrogens with zero attached hydrogens (tertiary/aromatic N) is 1. The van der Waals surface area contributed by atoms with Crippen LogP contribution in [0.2, 0.25) is 0 Å². The van der Waals surface area contributed by atoms with E-state index in [1.165, 1.54) is 6.42 Å². The summed E-state index contributed by atoms with van der Waals surface area (Å²) >= 11 is 0. The van der Waals surface area contributed by atoms with Gasteiger partial charge >= 0.3 is 6.09 Å². The first-order chi connectivity index (χ1) is 11.8. The Balaban J connectivity index is 1.63. The zero-order valence-electron chi connectivity index (χ0n) is 13.6. The first-order valence-corrected chi connectivity index (χ1v) is 8.31. The average Bonchev–Trinajstić information content (AvgIpc) is 2.64. The number of rotatable bonds is 5. The van der Waals surface area contributed by atoms with Crippen LogP contribution in [-0.4, -0.2) is 24.2 Å². The number of piperidine rings is 1. The molecule has 0 spiro atoms. The predicted molar refractivity (Wildman–Crippen MR) is 90.9 cm³/mol. The Morgan fingerprint density at radius 3 is 1.96 bits per heavy atom. The SMILES string of the molecule is O=C(NOC(c1ccccc1)c1ccccc1)ON1CCCCC1. The highest BCUT2D eigenvalue weighted by molar-refractivity contribution is 5.65. The quantitative estimate of drug-likeness (QED) is 0.848. The van der Waals surface area contributed by atoms with E-state index in [1.54, 1.807) is 5.06 Å². The molecule has 1 aliphatic rings. The van der Waals surface area contributed by atoms with Gasteiger partial charge < -0.3 is 4.84 Å². The van der Waals surface area contributed by atoms with E-state index in [0.29, 0.717) is 0 Å². The van der Waals surface area contributed by atoms with Crippen LogP contribution < -0.4 is 5.48 Å². The summed E-state index contributed by atoms with van der Waals surface area (Å²) in [7, 11) is 0. The second-order valence-corrected chi connectivity index (χ2v) is 5.79. The summed E-state index contributed by atoms with van der Waals surface area (Å²) in [5.74, 6) is 0. The van der Waals surface area contributed by atoms with Gasteiger partial charge in [-0.05, 0) is 24.0 Å². The summed E-state index contributed by atoms with van der Waals surface area (Å²) in [5.41, 5.74) is 4.34. The molecule has 1 fully saturated rings. The predicted octanol–water partition coefficient (Wildman–Crippen LogP) is 3.83. The number of carbonyl (C=O) groups excluding carboxylic acids is 1. The molecule has 0 saturated carbocycles. The van der Waals surface area contributed by atoms with Gasteiger partial charge in [-0.25, -0.2) is 4.79 Å². The lowest BCUT2D eigenvalue weighted by Gasteiger charge is -2.25. The van der Waals surface area contributed by atoms with Gasteiger partial charge in [0.25, 0.3) is 0 Å². The van der Waals surface area contributed by atoms with Gasteiger partial charge in [0.1, 0.15) is 6.10 Å². The molecular weight excluding hydrogens is 304 g/mol. The third-order valence-electron chi connectivity index (χ3n) is 3.99. The Labute approximate surface area is 142 Å². The lowest BCUT2D eigenvalue weighted by atomic mass is 10.0. The van der Waals surface area contributed by atoms with E-state index in [4.69, 9.17) is 9.68 Å². The van der Waals surface area contributed by atoms with Gasteiger partial charge in [-0.3, -0.25) is 4.84 Å². The van der Waals surface area contributed by atoms with Crippen LogP contribution in [0.1, 0.15) is 36.5 Å². The molecule has 5 nitrogen and oxygen atoms in total. The van der Waals surface area contributed by atoms with Gasteiger partial charge in [0.05, 0.1) is 0 Å². The molecular formula is C19H22N2O3. The highest BCUT2D eigenvalue weighted by Gasteiger charge is 2.19. The monoisotopic (exact) mass is 326 g/mol. The van der Waals surface area contributed by atoms with Gasteiger partial charge in [-0.2, -0.15) is 5.48 Å². The lowest BCUT2D eigenvalue weighted by Crippen LogP contribution is -2.37. The number of hydrogen-bond donors (Lipinski definition) is 1. The number of nitrogens with one attached hydrogen (secondary N) is 1. The third kappa shape index (κ3) is 4.57. The highest BCUT2D eigenvalue weighted by Crippen LogP contribution is 2.24. The molecule has 1 saturated heterocycles. The van der Waals surface area contributed by atoms with Crippen LogP contribution >= 0.6 is 0 Å². The van der Waals surface area contributed by atoms with Crippen LogP contribution in [0, 0.1) is 0 Å². The standard InChI is InChI=1S/C19H22N2O3/c22-19(24-21-14-8-3-9-15-21)20-23-18(16-10-4-1-5-11-16)17-12-6-2-7-13-17/h1-2,4-7,10-13,18H,3,8-9,14-15H2,(H,20,22). The molecule has 1 N–H and O–H groups in total. The molecule has 0 aromatic heterocycles. The summed E-state index contributed by atoms with van der Waals surface area (Å²) < 4.78 is 0. The van der Waals surface area contributed by atoms with Crippen molar-refractivity contribution in [3.8, 4) is 0 Å². The normalized spacial score (nSPS) is 15.2. The van der Waals surface area contributed by atoms with E-state index in [2.05, 4.69) is 5.48 Å². The molecule has 5 heteroatoms. The van der Waals surface area contributed by atoms with E-state index < -0.39 is 6.09 Å². The van der Waals surface area contributed by atoms with Crippen molar-refractivity contribution in [2.75, 3.05) is 13.1 Å². The Hall–Kier alpha value is -2.37. The van der Waals surface area contributed by atoms with Crippen LogP contribution in [0.15, 0.2) is 60.7 Å². The Morgan fingerprint density at radius 2 is 1.42 bits per heavy atom. The summed E-state index contributed by atoms with van der Waals surface area (Å²) in [6.07, 6.45) is 2.30. The molecule has 1 aliphatic heterocycles. The van der Waals surface area contributed by atoms with Crippen LogP contribution in [0.3, 0.4) is 0 Å².